The van der Waals surface area contributed by atoms with Crippen molar-refractivity contribution >= 4 is 11.6 Å². The van der Waals surface area contributed by atoms with Crippen molar-refractivity contribution in [3.63, 3.8) is 0 Å². The normalized spacial score (nSPS) is 10.9. The second kappa shape index (κ2) is 8.24. The molecule has 0 unspecified atom stereocenters. The minimum Gasteiger partial charge on any atom is -0.483 e. The van der Waals surface area contributed by atoms with Gasteiger partial charge in [0, 0.05) is 31.7 Å². The first kappa shape index (κ1) is 19.4. The SMILES string of the molecule is Cc1ccn2cc(CNC(=O)c3c(OCc4ccccc4)c(=O)ccn3C)nc2c1. The fraction of sp³-hybridized carbons (Fsp3) is 0.174. The molecular weight excluding hydrogens is 380 g/mol. The third-order valence-corrected chi connectivity index (χ3v) is 4.78. The Balaban J connectivity index is 1.53. The van der Waals surface area contributed by atoms with E-state index in [0.29, 0.717) is 0 Å². The van der Waals surface area contributed by atoms with E-state index >= 15 is 0 Å². The van der Waals surface area contributed by atoms with E-state index in [0.717, 1.165) is 22.5 Å². The number of aryl methyl sites for hydroxylation is 2. The van der Waals surface area contributed by atoms with E-state index in [1.807, 2.05) is 66.2 Å². The number of pyridine rings is 2. The number of hydrogen-bond donors (Lipinski definition) is 1. The lowest BCUT2D eigenvalue weighted by molar-refractivity contribution is 0.0935. The molecule has 30 heavy (non-hydrogen) atoms. The number of benzene rings is 1. The van der Waals surface area contributed by atoms with Gasteiger partial charge in [-0.2, -0.15) is 0 Å². The number of carbonyl (C=O) groups is 1. The first-order chi connectivity index (χ1) is 14.5. The standard InChI is InChI=1S/C23H22N4O3/c1-16-8-11-27-14-18(25-20(27)12-16)13-24-23(29)21-22(19(28)9-10-26(21)2)30-15-17-6-4-3-5-7-17/h3-12,14H,13,15H2,1-2H3,(H,24,29). The molecule has 0 fully saturated rings. The molecule has 1 amide bonds. The van der Waals surface area contributed by atoms with Gasteiger partial charge < -0.3 is 19.0 Å². The van der Waals surface area contributed by atoms with Crippen molar-refractivity contribution in [1.82, 2.24) is 19.3 Å². The van der Waals surface area contributed by atoms with Crippen LogP contribution in [0.15, 0.2) is 71.9 Å². The largest absolute Gasteiger partial charge is 0.483 e. The van der Waals surface area contributed by atoms with Crippen LogP contribution in [-0.4, -0.2) is 19.9 Å². The molecule has 0 bridgehead atoms. The molecule has 0 saturated carbocycles. The predicted octanol–water partition coefficient (Wildman–Crippen LogP) is 2.85. The van der Waals surface area contributed by atoms with Crippen LogP contribution in [-0.2, 0) is 20.2 Å². The molecular formula is C23H22N4O3. The summed E-state index contributed by atoms with van der Waals surface area (Å²) in [5.41, 5.74) is 3.41. The summed E-state index contributed by atoms with van der Waals surface area (Å²) in [5, 5.41) is 2.84. The fourth-order valence-electron chi connectivity index (χ4n) is 3.22. The van der Waals surface area contributed by atoms with Crippen molar-refractivity contribution in [2.45, 2.75) is 20.1 Å². The quantitative estimate of drug-likeness (QED) is 0.538. The van der Waals surface area contributed by atoms with Crippen LogP contribution in [0.5, 0.6) is 5.75 Å². The van der Waals surface area contributed by atoms with E-state index < -0.39 is 5.91 Å². The molecule has 0 atom stereocenters. The van der Waals surface area contributed by atoms with Crippen LogP contribution in [0.1, 0.15) is 27.3 Å². The molecule has 1 aromatic carbocycles. The zero-order valence-electron chi connectivity index (χ0n) is 16.8. The summed E-state index contributed by atoms with van der Waals surface area (Å²) in [4.78, 5) is 29.8. The molecule has 7 heteroatoms. The van der Waals surface area contributed by atoms with Crippen LogP contribution in [0, 0.1) is 6.92 Å². The lowest BCUT2D eigenvalue weighted by atomic mass is 10.2. The molecule has 0 spiro atoms. The highest BCUT2D eigenvalue weighted by atomic mass is 16.5. The van der Waals surface area contributed by atoms with Crippen LogP contribution in [0.3, 0.4) is 0 Å². The highest BCUT2D eigenvalue weighted by Crippen LogP contribution is 2.15. The molecule has 0 aliphatic heterocycles. The van der Waals surface area contributed by atoms with Crippen molar-refractivity contribution in [3.8, 4) is 5.75 Å². The lowest BCUT2D eigenvalue weighted by Gasteiger charge is -2.14. The Morgan fingerprint density at radius 2 is 1.93 bits per heavy atom. The van der Waals surface area contributed by atoms with Crippen molar-refractivity contribution in [3.05, 3.63) is 99.9 Å². The number of fused-ring (bicyclic) bond motifs is 1. The van der Waals surface area contributed by atoms with Gasteiger partial charge in [-0.15, -0.1) is 0 Å². The Bertz CT molecular complexity index is 1260. The third kappa shape index (κ3) is 4.10. The first-order valence-corrected chi connectivity index (χ1v) is 9.60. The second-order valence-corrected chi connectivity index (χ2v) is 7.13. The first-order valence-electron chi connectivity index (χ1n) is 9.60. The molecule has 152 valence electrons. The highest BCUT2D eigenvalue weighted by molar-refractivity contribution is 5.95. The van der Waals surface area contributed by atoms with Gasteiger partial charge in [0.1, 0.15) is 12.3 Å². The molecule has 4 rings (SSSR count). The Morgan fingerprint density at radius 3 is 2.73 bits per heavy atom. The van der Waals surface area contributed by atoms with E-state index in [-0.39, 0.29) is 30.0 Å². The number of hydrogen-bond acceptors (Lipinski definition) is 4. The van der Waals surface area contributed by atoms with Crippen molar-refractivity contribution in [1.29, 1.82) is 0 Å². The maximum atomic E-state index is 12.9. The smallest absolute Gasteiger partial charge is 0.272 e. The van der Waals surface area contributed by atoms with E-state index in [4.69, 9.17) is 4.74 Å². The Hall–Kier alpha value is -3.87. The van der Waals surface area contributed by atoms with Gasteiger partial charge in [0.15, 0.2) is 11.4 Å². The molecule has 4 aromatic rings. The molecule has 1 N–H and O–H groups in total. The Morgan fingerprint density at radius 1 is 1.13 bits per heavy atom. The maximum Gasteiger partial charge on any atom is 0.272 e. The minimum absolute atomic E-state index is 0.0342. The number of imidazole rings is 1. The number of carbonyl (C=O) groups excluding carboxylic acids is 1. The molecule has 0 saturated heterocycles. The van der Waals surface area contributed by atoms with Crippen LogP contribution in [0.4, 0.5) is 0 Å². The van der Waals surface area contributed by atoms with Crippen molar-refractivity contribution in [2.75, 3.05) is 0 Å². The van der Waals surface area contributed by atoms with E-state index in [1.165, 1.54) is 6.07 Å². The summed E-state index contributed by atoms with van der Waals surface area (Å²) in [6, 6.07) is 14.9. The summed E-state index contributed by atoms with van der Waals surface area (Å²) in [6.45, 7) is 2.44. The zero-order chi connectivity index (χ0) is 21.1. The van der Waals surface area contributed by atoms with Gasteiger partial charge in [-0.3, -0.25) is 9.59 Å². The number of nitrogens with zero attached hydrogens (tertiary/aromatic N) is 3. The van der Waals surface area contributed by atoms with E-state index in [9.17, 15) is 9.59 Å². The van der Waals surface area contributed by atoms with Gasteiger partial charge in [-0.25, -0.2) is 4.98 Å². The van der Waals surface area contributed by atoms with Gasteiger partial charge in [0.2, 0.25) is 5.43 Å². The lowest BCUT2D eigenvalue weighted by Crippen LogP contribution is -2.29. The Kier molecular flexibility index (Phi) is 5.34. The fourth-order valence-corrected chi connectivity index (χ4v) is 3.22. The number of aromatic nitrogens is 3. The van der Waals surface area contributed by atoms with Crippen LogP contribution in [0.25, 0.3) is 5.65 Å². The van der Waals surface area contributed by atoms with E-state index in [1.54, 1.807) is 17.8 Å². The van der Waals surface area contributed by atoms with Gasteiger partial charge in [0.05, 0.1) is 12.2 Å². The van der Waals surface area contributed by atoms with Gasteiger partial charge >= 0.3 is 0 Å². The molecule has 3 heterocycles. The summed E-state index contributed by atoms with van der Waals surface area (Å²) in [6.07, 6.45) is 5.35. The average Bonchev–Trinajstić information content (AvgIpc) is 3.15. The van der Waals surface area contributed by atoms with E-state index in [2.05, 4.69) is 10.3 Å². The number of amides is 1. The molecule has 3 aromatic heterocycles. The number of rotatable bonds is 6. The predicted molar refractivity (Wildman–Crippen MR) is 114 cm³/mol. The van der Waals surface area contributed by atoms with Crippen molar-refractivity contribution in [2.24, 2.45) is 7.05 Å². The number of nitrogens with one attached hydrogen (secondary N) is 1. The third-order valence-electron chi connectivity index (χ3n) is 4.78. The van der Waals surface area contributed by atoms with Gasteiger partial charge in [-0.05, 0) is 30.2 Å². The van der Waals surface area contributed by atoms with Gasteiger partial charge in [0.25, 0.3) is 5.91 Å². The molecule has 7 nitrogen and oxygen atoms in total. The average molecular weight is 402 g/mol. The van der Waals surface area contributed by atoms with Crippen LogP contribution in [0.2, 0.25) is 0 Å². The maximum absolute atomic E-state index is 12.9. The second-order valence-electron chi connectivity index (χ2n) is 7.13. The zero-order valence-corrected chi connectivity index (χ0v) is 16.8. The summed E-state index contributed by atoms with van der Waals surface area (Å²) in [5.74, 6) is -0.363. The summed E-state index contributed by atoms with van der Waals surface area (Å²) in [7, 11) is 1.71. The molecule has 0 radical (unpaired) electrons. The topological polar surface area (TPSA) is 77.6 Å². The van der Waals surface area contributed by atoms with Gasteiger partial charge in [-0.1, -0.05) is 30.3 Å². The highest BCUT2D eigenvalue weighted by Gasteiger charge is 2.19. The molecule has 0 aliphatic rings. The van der Waals surface area contributed by atoms with Crippen LogP contribution < -0.4 is 15.5 Å². The molecule has 0 aliphatic carbocycles. The monoisotopic (exact) mass is 402 g/mol. The van der Waals surface area contributed by atoms with Crippen molar-refractivity contribution < 1.29 is 9.53 Å². The number of ether oxygens (including phenoxy) is 1. The Labute approximate surface area is 173 Å². The summed E-state index contributed by atoms with van der Waals surface area (Å²) >= 11 is 0. The van der Waals surface area contributed by atoms with Crippen LogP contribution >= 0.6 is 0 Å². The minimum atomic E-state index is -0.397. The summed E-state index contributed by atoms with van der Waals surface area (Å²) < 4.78 is 9.25.